The molecule has 0 N–H and O–H groups in total. The van der Waals surface area contributed by atoms with E-state index >= 15 is 0 Å². The molecule has 0 amide bonds. The highest BCUT2D eigenvalue weighted by molar-refractivity contribution is 7.00. The molecule has 0 unspecified atom stereocenters. The zero-order valence-corrected chi connectivity index (χ0v) is 21.5. The topological polar surface area (TPSA) is 21.3 Å². The summed E-state index contributed by atoms with van der Waals surface area (Å²) in [4.78, 5) is 2.44. The highest BCUT2D eigenvalue weighted by Crippen LogP contribution is 2.45. The lowest BCUT2D eigenvalue weighted by Crippen LogP contribution is -2.60. The first-order valence-electron chi connectivity index (χ1n) is 13.8. The zero-order chi connectivity index (χ0) is 25.9. The molecule has 6 aromatic carbocycles. The Labute approximate surface area is 230 Å². The van der Waals surface area contributed by atoms with Crippen molar-refractivity contribution in [1.29, 1.82) is 0 Å². The van der Waals surface area contributed by atoms with E-state index < -0.39 is 0 Å². The minimum Gasteiger partial charge on any atom is -0.456 e. The molecular weight excluding hydrogens is 487 g/mol. The average molecular weight is 508 g/mol. The highest BCUT2D eigenvalue weighted by Gasteiger charge is 2.42. The van der Waals surface area contributed by atoms with Crippen LogP contribution in [-0.4, -0.2) is 11.3 Å². The predicted octanol–water partition coefficient (Wildman–Crippen LogP) is 7.30. The normalized spacial score (nSPS) is 13.4. The van der Waals surface area contributed by atoms with Gasteiger partial charge in [-0.25, -0.2) is 0 Å². The van der Waals surface area contributed by atoms with Crippen LogP contribution in [0.15, 0.2) is 132 Å². The molecular formula is C36H21BN2O. The maximum Gasteiger partial charge on any atom is 0.252 e. The first kappa shape index (κ1) is 20.7. The van der Waals surface area contributed by atoms with E-state index in [0.717, 1.165) is 16.6 Å². The average Bonchev–Trinajstić information content (AvgIpc) is 3.56. The Morgan fingerprint density at radius 1 is 0.475 bits per heavy atom. The van der Waals surface area contributed by atoms with Gasteiger partial charge in [0.25, 0.3) is 6.71 Å². The number of nitrogens with zero attached hydrogens (tertiary/aromatic N) is 2. The molecule has 4 heteroatoms. The fourth-order valence-electron chi connectivity index (χ4n) is 7.47. The van der Waals surface area contributed by atoms with E-state index in [1.807, 2.05) is 6.07 Å². The number of hydrogen-bond donors (Lipinski definition) is 0. The summed E-state index contributed by atoms with van der Waals surface area (Å²) >= 11 is 0. The number of para-hydroxylation sites is 4. The number of benzene rings is 6. The fourth-order valence-corrected chi connectivity index (χ4v) is 7.47. The lowest BCUT2D eigenvalue weighted by Gasteiger charge is -2.39. The van der Waals surface area contributed by atoms with E-state index in [9.17, 15) is 0 Å². The molecule has 0 fully saturated rings. The van der Waals surface area contributed by atoms with Crippen molar-refractivity contribution in [2.75, 3.05) is 4.90 Å². The number of fused-ring (bicyclic) bond motifs is 12. The van der Waals surface area contributed by atoms with E-state index in [0.29, 0.717) is 0 Å². The van der Waals surface area contributed by atoms with Crippen molar-refractivity contribution in [1.82, 2.24) is 4.57 Å². The number of anilines is 3. The second-order valence-corrected chi connectivity index (χ2v) is 10.9. The zero-order valence-electron chi connectivity index (χ0n) is 21.5. The van der Waals surface area contributed by atoms with E-state index in [4.69, 9.17) is 4.42 Å². The van der Waals surface area contributed by atoms with Gasteiger partial charge in [0.05, 0.1) is 16.4 Å². The van der Waals surface area contributed by atoms with Crippen molar-refractivity contribution in [3.05, 3.63) is 127 Å². The van der Waals surface area contributed by atoms with Crippen LogP contribution < -0.4 is 21.3 Å². The summed E-state index contributed by atoms with van der Waals surface area (Å²) in [7, 11) is 0. The molecule has 8 aromatic rings. The van der Waals surface area contributed by atoms with Gasteiger partial charge in [-0.15, -0.1) is 0 Å². The summed E-state index contributed by atoms with van der Waals surface area (Å²) in [6, 6.07) is 46.1. The van der Waals surface area contributed by atoms with Gasteiger partial charge in [0, 0.05) is 38.9 Å². The predicted molar refractivity (Wildman–Crippen MR) is 167 cm³/mol. The van der Waals surface area contributed by atoms with Gasteiger partial charge in [0.15, 0.2) is 0 Å². The van der Waals surface area contributed by atoms with Crippen LogP contribution in [0.4, 0.5) is 17.1 Å². The maximum absolute atomic E-state index is 6.37. The van der Waals surface area contributed by atoms with E-state index in [1.165, 1.54) is 66.3 Å². The SMILES string of the molecule is c1ccc(N2c3ccccc3B3c4ccccc4-n4c5c3c2ccc5c2ccc3oc5ccccc5c3c24)cc1. The molecule has 184 valence electrons. The third-order valence-electron chi connectivity index (χ3n) is 8.97. The van der Waals surface area contributed by atoms with Gasteiger partial charge in [-0.05, 0) is 64.9 Å². The van der Waals surface area contributed by atoms with Crippen molar-refractivity contribution < 1.29 is 4.42 Å². The molecule has 4 heterocycles. The lowest BCUT2D eigenvalue weighted by molar-refractivity contribution is 0.669. The molecule has 2 aromatic heterocycles. The molecule has 0 radical (unpaired) electrons. The second-order valence-electron chi connectivity index (χ2n) is 10.9. The smallest absolute Gasteiger partial charge is 0.252 e. The Morgan fingerprint density at radius 3 is 2.02 bits per heavy atom. The number of furan rings is 1. The van der Waals surface area contributed by atoms with Crippen LogP contribution in [0.5, 0.6) is 0 Å². The summed E-state index contributed by atoms with van der Waals surface area (Å²) in [5, 5.41) is 4.89. The molecule has 0 spiro atoms. The lowest BCUT2D eigenvalue weighted by atomic mass is 9.34. The van der Waals surface area contributed by atoms with Gasteiger partial charge in [0.1, 0.15) is 11.2 Å². The Bertz CT molecular complexity index is 2350. The summed E-state index contributed by atoms with van der Waals surface area (Å²) in [5.74, 6) is 0. The molecule has 0 saturated carbocycles. The van der Waals surface area contributed by atoms with Gasteiger partial charge in [-0.2, -0.15) is 0 Å². The highest BCUT2D eigenvalue weighted by atomic mass is 16.3. The van der Waals surface area contributed by atoms with Crippen molar-refractivity contribution in [3.8, 4) is 5.69 Å². The van der Waals surface area contributed by atoms with Crippen LogP contribution in [0.1, 0.15) is 0 Å². The molecule has 3 nitrogen and oxygen atoms in total. The van der Waals surface area contributed by atoms with Crippen LogP contribution in [-0.2, 0) is 0 Å². The van der Waals surface area contributed by atoms with Gasteiger partial charge >= 0.3 is 0 Å². The van der Waals surface area contributed by atoms with Crippen LogP contribution >= 0.6 is 0 Å². The standard InChI is InChI=1S/C36H21BN2O/c1-2-10-22(11-3-1)38-28-15-7-5-13-26(28)37-27-14-6-8-16-29(27)39-35-23(24-18-20-30(38)34(37)36(24)39)19-21-32-33(35)25-12-4-9-17-31(25)40-32/h1-21H. The van der Waals surface area contributed by atoms with Crippen molar-refractivity contribution >= 4 is 83.9 Å². The first-order valence-corrected chi connectivity index (χ1v) is 13.8. The van der Waals surface area contributed by atoms with Crippen molar-refractivity contribution in [3.63, 3.8) is 0 Å². The first-order chi connectivity index (χ1) is 19.9. The van der Waals surface area contributed by atoms with Crippen LogP contribution in [0, 0.1) is 0 Å². The minimum absolute atomic E-state index is 0.152. The quantitative estimate of drug-likeness (QED) is 0.217. The Balaban J connectivity index is 1.46. The molecule has 2 aliphatic heterocycles. The number of rotatable bonds is 1. The third kappa shape index (κ3) is 2.39. The summed E-state index contributed by atoms with van der Waals surface area (Å²) in [6.07, 6.45) is 0. The molecule has 0 aliphatic carbocycles. The summed E-state index contributed by atoms with van der Waals surface area (Å²) in [6.45, 7) is 0.152. The molecule has 0 saturated heterocycles. The largest absolute Gasteiger partial charge is 0.456 e. The third-order valence-corrected chi connectivity index (χ3v) is 8.97. The minimum atomic E-state index is 0.152. The van der Waals surface area contributed by atoms with E-state index in [2.05, 4.69) is 131 Å². The molecule has 10 rings (SSSR count). The van der Waals surface area contributed by atoms with Gasteiger partial charge < -0.3 is 13.9 Å². The molecule has 2 aliphatic rings. The monoisotopic (exact) mass is 508 g/mol. The molecule has 0 bridgehead atoms. The Morgan fingerprint density at radius 2 is 1.15 bits per heavy atom. The van der Waals surface area contributed by atoms with Gasteiger partial charge in [-0.3, -0.25) is 0 Å². The van der Waals surface area contributed by atoms with Gasteiger partial charge in [-0.1, -0.05) is 78.9 Å². The van der Waals surface area contributed by atoms with E-state index in [-0.39, 0.29) is 6.71 Å². The number of hydrogen-bond acceptors (Lipinski definition) is 2. The van der Waals surface area contributed by atoms with Crippen LogP contribution in [0.25, 0.3) is 49.4 Å². The second kappa shape index (κ2) is 7.25. The van der Waals surface area contributed by atoms with Crippen molar-refractivity contribution in [2.45, 2.75) is 0 Å². The maximum atomic E-state index is 6.37. The fraction of sp³-hybridized carbons (Fsp3) is 0. The van der Waals surface area contributed by atoms with Crippen LogP contribution in [0.3, 0.4) is 0 Å². The summed E-state index contributed by atoms with van der Waals surface area (Å²) in [5.41, 5.74) is 13.3. The Kier molecular flexibility index (Phi) is 3.75. The molecule has 0 atom stereocenters. The molecule has 40 heavy (non-hydrogen) atoms. The summed E-state index contributed by atoms with van der Waals surface area (Å²) < 4.78 is 8.89. The van der Waals surface area contributed by atoms with Crippen LogP contribution in [0.2, 0.25) is 0 Å². The van der Waals surface area contributed by atoms with Gasteiger partial charge in [0.2, 0.25) is 0 Å². The Hall–Kier alpha value is -5.22. The number of aromatic nitrogens is 1. The van der Waals surface area contributed by atoms with Crippen molar-refractivity contribution in [2.24, 2.45) is 0 Å². The van der Waals surface area contributed by atoms with E-state index in [1.54, 1.807) is 0 Å².